The first-order valence-corrected chi connectivity index (χ1v) is 12.0. The highest BCUT2D eigenvalue weighted by atomic mass is 32.2. The molecule has 2 aromatic carbocycles. The molecule has 0 atom stereocenters. The number of ether oxygens (including phenoxy) is 2. The summed E-state index contributed by atoms with van der Waals surface area (Å²) in [6.07, 6.45) is 0.253. The second-order valence-electron chi connectivity index (χ2n) is 7.77. The number of methoxy groups -OCH3 is 2. The summed E-state index contributed by atoms with van der Waals surface area (Å²) >= 11 is 0. The molecule has 1 aliphatic heterocycles. The van der Waals surface area contributed by atoms with Crippen molar-refractivity contribution in [1.82, 2.24) is 14.5 Å². The van der Waals surface area contributed by atoms with Gasteiger partial charge in [0.15, 0.2) is 11.5 Å². The average molecular weight is 462 g/mol. The number of hydrogen-bond donors (Lipinski definition) is 1. The Balaban J connectivity index is 1.42. The Labute approximate surface area is 190 Å². The number of nitrogens with one attached hydrogen (secondary N) is 1. The minimum Gasteiger partial charge on any atom is -0.493 e. The van der Waals surface area contributed by atoms with E-state index >= 15 is 0 Å². The number of benzene rings is 2. The fourth-order valence-corrected chi connectivity index (χ4v) is 5.07. The van der Waals surface area contributed by atoms with Crippen molar-refractivity contribution in [3.63, 3.8) is 0 Å². The first-order chi connectivity index (χ1) is 15.3. The van der Waals surface area contributed by atoms with Gasteiger partial charge in [0.1, 0.15) is 0 Å². The van der Waals surface area contributed by atoms with Crippen LogP contribution in [0, 0.1) is 6.92 Å². The van der Waals surface area contributed by atoms with Gasteiger partial charge in [-0.25, -0.2) is 8.42 Å². The van der Waals surface area contributed by atoms with Gasteiger partial charge in [-0.3, -0.25) is 9.69 Å². The van der Waals surface area contributed by atoms with Gasteiger partial charge in [-0.15, -0.1) is 0 Å². The second-order valence-corrected chi connectivity index (χ2v) is 9.71. The molecule has 0 spiro atoms. The predicted molar refractivity (Wildman–Crippen MR) is 123 cm³/mol. The monoisotopic (exact) mass is 461 g/mol. The van der Waals surface area contributed by atoms with Gasteiger partial charge in [-0.05, 0) is 36.8 Å². The van der Waals surface area contributed by atoms with E-state index in [4.69, 9.17) is 9.47 Å². The molecular weight excluding hydrogens is 430 g/mol. The highest BCUT2D eigenvalue weighted by Gasteiger charge is 2.28. The summed E-state index contributed by atoms with van der Waals surface area (Å²) in [5.74, 6) is 1.15. The van der Waals surface area contributed by atoms with Crippen LogP contribution in [-0.2, 0) is 21.2 Å². The third-order valence-electron chi connectivity index (χ3n) is 5.55. The first-order valence-electron chi connectivity index (χ1n) is 10.6. The topological polar surface area (TPSA) is 88.2 Å². The quantitative estimate of drug-likeness (QED) is 0.611. The molecule has 1 saturated heterocycles. The van der Waals surface area contributed by atoms with Crippen molar-refractivity contribution in [1.29, 1.82) is 0 Å². The molecule has 3 rings (SSSR count). The molecule has 1 N–H and O–H groups in total. The Bertz CT molecular complexity index is 1020. The summed E-state index contributed by atoms with van der Waals surface area (Å²) in [5.41, 5.74) is 1.87. The lowest BCUT2D eigenvalue weighted by Gasteiger charge is -2.34. The molecule has 32 heavy (non-hydrogen) atoms. The Hall–Kier alpha value is -2.62. The van der Waals surface area contributed by atoms with Gasteiger partial charge in [0.25, 0.3) is 0 Å². The minimum atomic E-state index is -3.46. The van der Waals surface area contributed by atoms with Gasteiger partial charge in [0, 0.05) is 39.3 Å². The predicted octanol–water partition coefficient (Wildman–Crippen LogP) is 1.68. The maximum atomic E-state index is 12.8. The maximum absolute atomic E-state index is 12.8. The van der Waals surface area contributed by atoms with Crippen LogP contribution in [0.4, 0.5) is 0 Å². The van der Waals surface area contributed by atoms with E-state index in [0.29, 0.717) is 55.7 Å². The molecule has 0 unspecified atom stereocenters. The summed E-state index contributed by atoms with van der Waals surface area (Å²) in [7, 11) is -0.329. The number of carbonyl (C=O) groups excluding carboxylic acids is 1. The van der Waals surface area contributed by atoms with Gasteiger partial charge in [0.05, 0.1) is 25.5 Å². The van der Waals surface area contributed by atoms with Crippen LogP contribution in [0.5, 0.6) is 11.5 Å². The molecule has 1 aliphatic rings. The summed E-state index contributed by atoms with van der Waals surface area (Å²) in [6.45, 7) is 5.27. The first kappa shape index (κ1) is 24.0. The number of sulfonamides is 1. The van der Waals surface area contributed by atoms with Crippen LogP contribution in [0.25, 0.3) is 0 Å². The lowest BCUT2D eigenvalue weighted by molar-refractivity contribution is -0.120. The van der Waals surface area contributed by atoms with E-state index in [-0.39, 0.29) is 12.3 Å². The lowest BCUT2D eigenvalue weighted by Crippen LogP contribution is -2.50. The SMILES string of the molecule is COc1ccc(CC(=O)NCCN2CCN(S(=O)(=O)c3ccc(C)cc3)CC2)cc1OC. The van der Waals surface area contributed by atoms with Crippen LogP contribution >= 0.6 is 0 Å². The van der Waals surface area contributed by atoms with Gasteiger partial charge in [0.2, 0.25) is 15.9 Å². The van der Waals surface area contributed by atoms with Crippen molar-refractivity contribution in [2.24, 2.45) is 0 Å². The van der Waals surface area contributed by atoms with E-state index in [2.05, 4.69) is 10.2 Å². The van der Waals surface area contributed by atoms with Crippen LogP contribution in [0.15, 0.2) is 47.4 Å². The molecule has 0 saturated carbocycles. The van der Waals surface area contributed by atoms with Gasteiger partial charge < -0.3 is 14.8 Å². The molecule has 0 aliphatic carbocycles. The zero-order valence-corrected chi connectivity index (χ0v) is 19.7. The molecule has 1 heterocycles. The van der Waals surface area contributed by atoms with Crippen molar-refractivity contribution in [2.45, 2.75) is 18.2 Å². The Kier molecular flexibility index (Phi) is 8.11. The number of piperazine rings is 1. The maximum Gasteiger partial charge on any atom is 0.243 e. The van der Waals surface area contributed by atoms with Crippen molar-refractivity contribution >= 4 is 15.9 Å². The van der Waals surface area contributed by atoms with Crippen molar-refractivity contribution in [3.8, 4) is 11.5 Å². The second kappa shape index (κ2) is 10.8. The average Bonchev–Trinajstić information content (AvgIpc) is 2.79. The number of hydrogen-bond acceptors (Lipinski definition) is 6. The van der Waals surface area contributed by atoms with E-state index in [1.165, 1.54) is 4.31 Å². The van der Waals surface area contributed by atoms with Crippen LogP contribution in [0.1, 0.15) is 11.1 Å². The summed E-state index contributed by atoms with van der Waals surface area (Å²) < 4.78 is 37.6. The van der Waals surface area contributed by atoms with Crippen molar-refractivity contribution < 1.29 is 22.7 Å². The highest BCUT2D eigenvalue weighted by molar-refractivity contribution is 7.89. The molecule has 9 heteroatoms. The number of amides is 1. The largest absolute Gasteiger partial charge is 0.493 e. The molecular formula is C23H31N3O5S. The third kappa shape index (κ3) is 5.99. The van der Waals surface area contributed by atoms with Gasteiger partial charge in [-0.2, -0.15) is 4.31 Å². The number of rotatable bonds is 9. The van der Waals surface area contributed by atoms with E-state index < -0.39 is 10.0 Å². The zero-order chi connectivity index (χ0) is 23.1. The standard InChI is InChI=1S/C23H31N3O5S/c1-18-4-7-20(8-5-18)32(28,29)26-14-12-25(13-15-26)11-10-24-23(27)17-19-6-9-21(30-2)22(16-19)31-3/h4-9,16H,10-15,17H2,1-3H3,(H,24,27). The zero-order valence-electron chi connectivity index (χ0n) is 18.8. The Morgan fingerprint density at radius 1 is 0.969 bits per heavy atom. The third-order valence-corrected chi connectivity index (χ3v) is 7.47. The van der Waals surface area contributed by atoms with Crippen LogP contribution < -0.4 is 14.8 Å². The number of nitrogens with zero attached hydrogens (tertiary/aromatic N) is 2. The summed E-state index contributed by atoms with van der Waals surface area (Å²) in [6, 6.07) is 12.4. The van der Waals surface area contributed by atoms with Crippen LogP contribution in [0.2, 0.25) is 0 Å². The van der Waals surface area contributed by atoms with Gasteiger partial charge >= 0.3 is 0 Å². The van der Waals surface area contributed by atoms with Crippen molar-refractivity contribution in [2.75, 3.05) is 53.5 Å². The molecule has 1 fully saturated rings. The fraction of sp³-hybridized carbons (Fsp3) is 0.435. The molecule has 174 valence electrons. The van der Waals surface area contributed by atoms with E-state index in [1.807, 2.05) is 25.1 Å². The molecule has 0 aromatic heterocycles. The smallest absolute Gasteiger partial charge is 0.243 e. The van der Waals surface area contributed by atoms with E-state index in [1.54, 1.807) is 38.5 Å². The molecule has 1 amide bonds. The van der Waals surface area contributed by atoms with Crippen molar-refractivity contribution in [3.05, 3.63) is 53.6 Å². The normalized spacial score (nSPS) is 15.3. The highest BCUT2D eigenvalue weighted by Crippen LogP contribution is 2.27. The molecule has 0 radical (unpaired) electrons. The number of carbonyl (C=O) groups is 1. The van der Waals surface area contributed by atoms with Gasteiger partial charge in [-0.1, -0.05) is 23.8 Å². The summed E-state index contributed by atoms with van der Waals surface area (Å²) in [4.78, 5) is 14.8. The lowest BCUT2D eigenvalue weighted by atomic mass is 10.1. The molecule has 2 aromatic rings. The van der Waals surface area contributed by atoms with Crippen LogP contribution in [-0.4, -0.2) is 77.0 Å². The molecule has 8 nitrogen and oxygen atoms in total. The number of aryl methyl sites for hydroxylation is 1. The summed E-state index contributed by atoms with van der Waals surface area (Å²) in [5, 5.41) is 2.93. The van der Waals surface area contributed by atoms with Crippen LogP contribution in [0.3, 0.4) is 0 Å². The Morgan fingerprint density at radius 3 is 2.25 bits per heavy atom. The Morgan fingerprint density at radius 2 is 1.62 bits per heavy atom. The van der Waals surface area contributed by atoms with E-state index in [0.717, 1.165) is 11.1 Å². The molecule has 0 bridgehead atoms. The minimum absolute atomic E-state index is 0.0715. The van der Waals surface area contributed by atoms with E-state index in [9.17, 15) is 13.2 Å². The fourth-order valence-electron chi connectivity index (χ4n) is 3.64.